The van der Waals surface area contributed by atoms with Gasteiger partial charge >= 0.3 is 0 Å². The van der Waals surface area contributed by atoms with Crippen LogP contribution in [0.15, 0.2) is 41.3 Å². The monoisotopic (exact) mass is 477 g/mol. The molecule has 0 bridgehead atoms. The van der Waals surface area contributed by atoms with E-state index in [1.54, 1.807) is 30.3 Å². The summed E-state index contributed by atoms with van der Waals surface area (Å²) in [7, 11) is -2.39. The maximum absolute atomic E-state index is 13.4. The molecule has 1 atom stereocenters. The lowest BCUT2D eigenvalue weighted by Gasteiger charge is -2.24. The van der Waals surface area contributed by atoms with Gasteiger partial charge in [-0.1, -0.05) is 11.6 Å². The second-order valence-corrected chi connectivity index (χ2v) is 10.1. The first kappa shape index (κ1) is 22.6. The maximum atomic E-state index is 13.4. The molecule has 1 fully saturated rings. The summed E-state index contributed by atoms with van der Waals surface area (Å²) in [5.41, 5.74) is 1.88. The summed E-state index contributed by atoms with van der Waals surface area (Å²) in [6.45, 7) is 0.262. The second-order valence-electron chi connectivity index (χ2n) is 7.83. The summed E-state index contributed by atoms with van der Waals surface area (Å²) in [6, 6.07) is 8.73. The van der Waals surface area contributed by atoms with E-state index in [0.717, 1.165) is 5.56 Å². The van der Waals surface area contributed by atoms with Crippen molar-refractivity contribution in [3.63, 3.8) is 0 Å². The van der Waals surface area contributed by atoms with E-state index < -0.39 is 22.0 Å². The van der Waals surface area contributed by atoms with E-state index in [2.05, 4.69) is 10.6 Å². The van der Waals surface area contributed by atoms with Crippen molar-refractivity contribution in [2.45, 2.75) is 43.0 Å². The first-order valence-corrected chi connectivity index (χ1v) is 12.2. The van der Waals surface area contributed by atoms with Crippen LogP contribution in [0.2, 0.25) is 5.02 Å². The molecular formula is C22H24ClN3O5S. The van der Waals surface area contributed by atoms with E-state index in [9.17, 15) is 18.0 Å². The Morgan fingerprint density at radius 3 is 2.75 bits per heavy atom. The lowest BCUT2D eigenvalue weighted by molar-refractivity contribution is -0.119. The molecule has 170 valence electrons. The minimum atomic E-state index is -3.89. The van der Waals surface area contributed by atoms with Crippen molar-refractivity contribution in [3.8, 4) is 5.75 Å². The minimum absolute atomic E-state index is 0.0747. The van der Waals surface area contributed by atoms with Crippen molar-refractivity contribution >= 4 is 44.8 Å². The third kappa shape index (κ3) is 4.46. The number of aryl methyl sites for hydroxylation is 1. The predicted molar refractivity (Wildman–Crippen MR) is 122 cm³/mol. The van der Waals surface area contributed by atoms with Gasteiger partial charge in [0.2, 0.25) is 21.8 Å². The van der Waals surface area contributed by atoms with Gasteiger partial charge in [0.05, 0.1) is 17.0 Å². The Labute approximate surface area is 191 Å². The Kier molecular flexibility index (Phi) is 6.41. The number of amides is 2. The molecule has 0 unspecified atom stereocenters. The summed E-state index contributed by atoms with van der Waals surface area (Å²) in [5.74, 6) is -0.00209. The Hall–Kier alpha value is -2.62. The number of hydrogen-bond donors (Lipinski definition) is 2. The molecule has 0 saturated carbocycles. The molecule has 2 N–H and O–H groups in total. The number of nitrogens with one attached hydrogen (secondary N) is 2. The van der Waals surface area contributed by atoms with Gasteiger partial charge in [0.15, 0.2) is 0 Å². The van der Waals surface area contributed by atoms with E-state index in [-0.39, 0.29) is 17.3 Å². The van der Waals surface area contributed by atoms with Crippen molar-refractivity contribution in [3.05, 3.63) is 47.0 Å². The number of ether oxygens (including phenoxy) is 1. The van der Waals surface area contributed by atoms with Crippen molar-refractivity contribution in [2.75, 3.05) is 24.3 Å². The largest absolute Gasteiger partial charge is 0.495 e. The normalized spacial score (nSPS) is 19.1. The first-order chi connectivity index (χ1) is 15.3. The van der Waals surface area contributed by atoms with Gasteiger partial charge in [-0.05, 0) is 67.6 Å². The highest BCUT2D eigenvalue weighted by atomic mass is 35.5. The Morgan fingerprint density at radius 2 is 2.00 bits per heavy atom. The number of sulfonamides is 1. The molecule has 8 nitrogen and oxygen atoms in total. The number of anilines is 2. The topological polar surface area (TPSA) is 105 Å². The van der Waals surface area contributed by atoms with Gasteiger partial charge in [0, 0.05) is 24.3 Å². The van der Waals surface area contributed by atoms with Crippen molar-refractivity contribution in [2.24, 2.45) is 0 Å². The molecule has 2 aromatic rings. The summed E-state index contributed by atoms with van der Waals surface area (Å²) in [5, 5.41) is 5.91. The first-order valence-electron chi connectivity index (χ1n) is 10.4. The SMILES string of the molecule is COc1ccc(NC(=O)[C@@H]2CCCN2S(=O)(=O)c2ccc3c(c2)CCCC(=O)N3)cc1Cl. The Balaban J connectivity index is 1.56. The van der Waals surface area contributed by atoms with Crippen molar-refractivity contribution < 1.29 is 22.7 Å². The van der Waals surface area contributed by atoms with Crippen LogP contribution in [0, 0.1) is 0 Å². The summed E-state index contributed by atoms with van der Waals surface area (Å²) in [4.78, 5) is 24.8. The lowest BCUT2D eigenvalue weighted by atomic mass is 10.1. The van der Waals surface area contributed by atoms with Crippen molar-refractivity contribution in [1.29, 1.82) is 0 Å². The van der Waals surface area contributed by atoms with Gasteiger partial charge < -0.3 is 15.4 Å². The number of rotatable bonds is 5. The number of nitrogens with zero attached hydrogens (tertiary/aromatic N) is 1. The summed E-state index contributed by atoms with van der Waals surface area (Å²) in [6.07, 6.45) is 2.68. The smallest absolute Gasteiger partial charge is 0.243 e. The Morgan fingerprint density at radius 1 is 1.19 bits per heavy atom. The van der Waals surface area contributed by atoms with Gasteiger partial charge in [-0.2, -0.15) is 4.31 Å². The number of carbonyl (C=O) groups is 2. The molecule has 2 aromatic carbocycles. The molecule has 1 saturated heterocycles. The predicted octanol–water partition coefficient (Wildman–Crippen LogP) is 3.42. The van der Waals surface area contributed by atoms with Crippen LogP contribution in [0.25, 0.3) is 0 Å². The maximum Gasteiger partial charge on any atom is 0.243 e. The zero-order chi connectivity index (χ0) is 22.9. The van der Waals surface area contributed by atoms with Crippen LogP contribution in [-0.4, -0.2) is 44.2 Å². The number of methoxy groups -OCH3 is 1. The molecular weight excluding hydrogens is 454 g/mol. The molecule has 0 spiro atoms. The van der Waals surface area contributed by atoms with E-state index in [1.807, 2.05) is 0 Å². The molecule has 32 heavy (non-hydrogen) atoms. The standard InChI is InChI=1S/C22H24ClN3O5S/c1-31-20-10-7-15(13-17(20)23)24-22(28)19-5-3-11-26(19)32(29,30)16-8-9-18-14(12-16)4-2-6-21(27)25-18/h7-10,12-13,19H,2-6,11H2,1H3,(H,24,28)(H,25,27)/t19-/m0/s1. The average molecular weight is 478 g/mol. The highest BCUT2D eigenvalue weighted by Gasteiger charge is 2.39. The van der Waals surface area contributed by atoms with Gasteiger partial charge in [0.25, 0.3) is 0 Å². The average Bonchev–Trinajstić information content (AvgIpc) is 3.18. The van der Waals surface area contributed by atoms with Crippen LogP contribution in [0.5, 0.6) is 5.75 Å². The van der Waals surface area contributed by atoms with Crippen LogP contribution in [0.3, 0.4) is 0 Å². The molecule has 2 aliphatic rings. The molecule has 2 amide bonds. The van der Waals surface area contributed by atoms with Gasteiger partial charge in [-0.15, -0.1) is 0 Å². The Bertz CT molecular complexity index is 1170. The van der Waals surface area contributed by atoms with Crippen LogP contribution >= 0.6 is 11.6 Å². The summed E-state index contributed by atoms with van der Waals surface area (Å²) < 4.78 is 33.2. The van der Waals surface area contributed by atoms with Crippen LogP contribution < -0.4 is 15.4 Å². The fourth-order valence-corrected chi connectivity index (χ4v) is 6.07. The highest BCUT2D eigenvalue weighted by molar-refractivity contribution is 7.89. The second kappa shape index (κ2) is 9.09. The van der Waals surface area contributed by atoms with Gasteiger partial charge in [-0.25, -0.2) is 8.42 Å². The van der Waals surface area contributed by atoms with Crippen LogP contribution in [0.4, 0.5) is 11.4 Å². The number of halogens is 1. The van der Waals surface area contributed by atoms with Gasteiger partial charge in [-0.3, -0.25) is 9.59 Å². The number of fused-ring (bicyclic) bond motifs is 1. The lowest BCUT2D eigenvalue weighted by Crippen LogP contribution is -2.43. The molecule has 2 aliphatic heterocycles. The molecule has 0 radical (unpaired) electrons. The van der Waals surface area contributed by atoms with Crippen molar-refractivity contribution in [1.82, 2.24) is 4.31 Å². The molecule has 0 aromatic heterocycles. The van der Waals surface area contributed by atoms with E-state index in [0.29, 0.717) is 54.3 Å². The molecule has 4 rings (SSSR count). The van der Waals surface area contributed by atoms with Crippen LogP contribution in [0.1, 0.15) is 31.2 Å². The number of carbonyl (C=O) groups excluding carboxylic acids is 2. The molecule has 10 heteroatoms. The zero-order valence-corrected chi connectivity index (χ0v) is 19.1. The quantitative estimate of drug-likeness (QED) is 0.686. The fourth-order valence-electron chi connectivity index (χ4n) is 4.11. The van der Waals surface area contributed by atoms with Gasteiger partial charge in [0.1, 0.15) is 11.8 Å². The highest BCUT2D eigenvalue weighted by Crippen LogP contribution is 2.32. The molecule has 0 aliphatic carbocycles. The zero-order valence-electron chi connectivity index (χ0n) is 17.6. The van der Waals surface area contributed by atoms with E-state index in [4.69, 9.17) is 16.3 Å². The fraction of sp³-hybridized carbons (Fsp3) is 0.364. The van der Waals surface area contributed by atoms with Crippen LogP contribution in [-0.2, 0) is 26.0 Å². The number of benzene rings is 2. The summed E-state index contributed by atoms with van der Waals surface area (Å²) >= 11 is 6.12. The molecule has 2 heterocycles. The van der Waals surface area contributed by atoms with E-state index in [1.165, 1.54) is 17.5 Å². The third-order valence-corrected chi connectivity index (χ3v) is 7.93. The third-order valence-electron chi connectivity index (χ3n) is 5.73. The number of hydrogen-bond acceptors (Lipinski definition) is 5. The van der Waals surface area contributed by atoms with E-state index >= 15 is 0 Å². The minimum Gasteiger partial charge on any atom is -0.495 e.